The van der Waals surface area contributed by atoms with Crippen LogP contribution in [0.3, 0.4) is 0 Å². The lowest BCUT2D eigenvalue weighted by molar-refractivity contribution is -0.122. The lowest BCUT2D eigenvalue weighted by Gasteiger charge is -2.38. The molecule has 5 nitrogen and oxygen atoms in total. The molecule has 3 aliphatic heterocycles. The maximum Gasteiger partial charge on any atom is 0.266 e. The molecule has 1 aromatic carbocycles. The average molecular weight is 415 g/mol. The van der Waals surface area contributed by atoms with E-state index in [1.807, 2.05) is 46.8 Å². The van der Waals surface area contributed by atoms with Crippen molar-refractivity contribution >= 4 is 56.9 Å². The summed E-state index contributed by atoms with van der Waals surface area (Å²) in [6, 6.07) is 3.85. The highest BCUT2D eigenvalue weighted by molar-refractivity contribution is 8.26. The number of carbonyl (C=O) groups is 2. The summed E-state index contributed by atoms with van der Waals surface area (Å²) in [5, 5.41) is 0. The van der Waals surface area contributed by atoms with Crippen molar-refractivity contribution in [3.05, 3.63) is 34.2 Å². The highest BCUT2D eigenvalue weighted by Crippen LogP contribution is 2.53. The Balaban J connectivity index is 2.02. The lowest BCUT2D eigenvalue weighted by Crippen LogP contribution is -2.46. The van der Waals surface area contributed by atoms with Crippen molar-refractivity contribution in [3.63, 3.8) is 0 Å². The van der Waals surface area contributed by atoms with Crippen molar-refractivity contribution in [1.29, 1.82) is 0 Å². The summed E-state index contributed by atoms with van der Waals surface area (Å²) in [4.78, 5) is 30.3. The Bertz CT molecular complexity index is 1010. The van der Waals surface area contributed by atoms with Crippen LogP contribution in [-0.4, -0.2) is 39.7 Å². The van der Waals surface area contributed by atoms with E-state index < -0.39 is 5.54 Å². The molecule has 0 atom stereocenters. The Labute approximate surface area is 174 Å². The van der Waals surface area contributed by atoms with Gasteiger partial charge in [-0.25, -0.2) is 0 Å². The topological polar surface area (TPSA) is 49.9 Å². The highest BCUT2D eigenvalue weighted by atomic mass is 32.2. The molecule has 3 heterocycles. The number of hydrogen-bond donors (Lipinski definition) is 0. The number of ether oxygens (including phenoxy) is 1. The van der Waals surface area contributed by atoms with E-state index in [1.54, 1.807) is 9.80 Å². The number of rotatable bonds is 3. The summed E-state index contributed by atoms with van der Waals surface area (Å²) >= 11 is 6.58. The largest absolute Gasteiger partial charge is 0.494 e. The Hall–Kier alpha value is -2.12. The van der Waals surface area contributed by atoms with E-state index in [4.69, 9.17) is 17.0 Å². The van der Waals surface area contributed by atoms with Crippen molar-refractivity contribution in [2.45, 2.75) is 40.2 Å². The van der Waals surface area contributed by atoms with E-state index in [1.165, 1.54) is 11.8 Å². The molecule has 0 unspecified atom stereocenters. The van der Waals surface area contributed by atoms with Gasteiger partial charge in [0.15, 0.2) is 0 Å². The number of thiocarbonyl (C=S) groups is 1. The Morgan fingerprint density at radius 1 is 1.14 bits per heavy atom. The van der Waals surface area contributed by atoms with Crippen LogP contribution in [0.25, 0.3) is 11.1 Å². The smallest absolute Gasteiger partial charge is 0.266 e. The van der Waals surface area contributed by atoms with Crippen LogP contribution >= 0.6 is 24.0 Å². The third-order valence-corrected chi connectivity index (χ3v) is 6.72. The van der Waals surface area contributed by atoms with Gasteiger partial charge in [0, 0.05) is 17.7 Å². The fraction of sp³-hybridized carbons (Fsp3) is 0.381. The molecule has 0 bridgehead atoms. The van der Waals surface area contributed by atoms with Gasteiger partial charge in [-0.15, -0.1) is 0 Å². The van der Waals surface area contributed by atoms with E-state index in [0.29, 0.717) is 33.7 Å². The predicted octanol–water partition coefficient (Wildman–Crippen LogP) is 4.22. The van der Waals surface area contributed by atoms with E-state index in [2.05, 4.69) is 6.08 Å². The normalized spacial score (nSPS) is 22.8. The molecule has 4 rings (SSSR count). The molecule has 3 aliphatic rings. The van der Waals surface area contributed by atoms with Crippen molar-refractivity contribution in [3.8, 4) is 5.75 Å². The lowest BCUT2D eigenvalue weighted by atomic mass is 9.89. The van der Waals surface area contributed by atoms with Crippen LogP contribution in [0.5, 0.6) is 5.75 Å². The number of hydrogen-bond acceptors (Lipinski definition) is 5. The minimum absolute atomic E-state index is 0.157. The maximum absolute atomic E-state index is 13.6. The van der Waals surface area contributed by atoms with E-state index in [0.717, 1.165) is 22.4 Å². The van der Waals surface area contributed by atoms with Crippen LogP contribution < -0.4 is 9.64 Å². The minimum atomic E-state index is -0.490. The van der Waals surface area contributed by atoms with Crippen molar-refractivity contribution in [1.82, 2.24) is 4.90 Å². The molecule has 0 spiro atoms. The number of thioether (sulfide) groups is 1. The third-order valence-electron chi connectivity index (χ3n) is 5.27. The summed E-state index contributed by atoms with van der Waals surface area (Å²) < 4.78 is 6.26. The van der Waals surface area contributed by atoms with Gasteiger partial charge in [0.1, 0.15) is 10.1 Å². The van der Waals surface area contributed by atoms with Crippen LogP contribution in [0.15, 0.2) is 23.1 Å². The molecule has 28 heavy (non-hydrogen) atoms. The zero-order chi connectivity index (χ0) is 20.4. The summed E-state index contributed by atoms with van der Waals surface area (Å²) in [6.45, 7) is 10.9. The molecule has 0 N–H and O–H groups in total. The molecule has 0 aliphatic carbocycles. The number of nitrogens with zero attached hydrogens (tertiary/aromatic N) is 2. The second kappa shape index (κ2) is 6.46. The summed E-state index contributed by atoms with van der Waals surface area (Å²) in [5.41, 5.74) is 3.61. The molecule has 7 heteroatoms. The molecule has 1 fully saturated rings. The molecule has 0 aromatic heterocycles. The first-order valence-corrected chi connectivity index (χ1v) is 10.6. The van der Waals surface area contributed by atoms with Crippen molar-refractivity contribution < 1.29 is 14.3 Å². The minimum Gasteiger partial charge on any atom is -0.494 e. The number of allylic oxidation sites excluding steroid dienone is 1. The second-order valence-corrected chi connectivity index (χ2v) is 9.19. The first-order chi connectivity index (χ1) is 13.2. The summed E-state index contributed by atoms with van der Waals surface area (Å²) in [5.74, 6) is 0.343. The predicted molar refractivity (Wildman–Crippen MR) is 117 cm³/mol. The van der Waals surface area contributed by atoms with Crippen LogP contribution in [-0.2, 0) is 9.59 Å². The van der Waals surface area contributed by atoms with Gasteiger partial charge in [0.25, 0.3) is 11.8 Å². The zero-order valence-electron chi connectivity index (χ0n) is 16.6. The molecule has 146 valence electrons. The fourth-order valence-corrected chi connectivity index (χ4v) is 5.64. The monoisotopic (exact) mass is 414 g/mol. The second-order valence-electron chi connectivity index (χ2n) is 7.54. The van der Waals surface area contributed by atoms with Gasteiger partial charge >= 0.3 is 0 Å². The van der Waals surface area contributed by atoms with Crippen LogP contribution in [0.2, 0.25) is 0 Å². The Kier molecular flexibility index (Phi) is 4.43. The van der Waals surface area contributed by atoms with E-state index in [-0.39, 0.29) is 11.8 Å². The number of carbonyl (C=O) groups excluding carboxylic acids is 2. The molecule has 0 saturated carbocycles. The van der Waals surface area contributed by atoms with Gasteiger partial charge in [0.05, 0.1) is 28.3 Å². The van der Waals surface area contributed by atoms with Gasteiger partial charge in [0.2, 0.25) is 0 Å². The average Bonchev–Trinajstić information content (AvgIpc) is 3.06. The Morgan fingerprint density at radius 3 is 2.43 bits per heavy atom. The Morgan fingerprint density at radius 2 is 1.82 bits per heavy atom. The fourth-order valence-electron chi connectivity index (χ4n) is 4.18. The SMILES string of the molecule is CCOc1cc2c3c(c1)C(=C1SC(=S)N(CC)C1=O)C(=O)N3C(C)(C)C=C2C. The number of benzene rings is 1. The van der Waals surface area contributed by atoms with Gasteiger partial charge in [-0.05, 0) is 52.3 Å². The zero-order valence-corrected chi connectivity index (χ0v) is 18.2. The maximum atomic E-state index is 13.6. The standard InChI is InChI=1S/C21H22N2O3S2/c1-6-22-19(25)17(28-20(22)27)15-14-9-12(26-7-2)8-13-11(3)10-21(4,5)23(16(13)14)18(15)24/h8-10H,6-7H2,1-5H3. The van der Waals surface area contributed by atoms with Crippen molar-refractivity contribution in [2.75, 3.05) is 18.1 Å². The van der Waals surface area contributed by atoms with Gasteiger partial charge < -0.3 is 4.74 Å². The summed E-state index contributed by atoms with van der Waals surface area (Å²) in [7, 11) is 0. The quantitative estimate of drug-likeness (QED) is 0.548. The molecular weight excluding hydrogens is 392 g/mol. The molecule has 2 amide bonds. The third kappa shape index (κ3) is 2.56. The van der Waals surface area contributed by atoms with Gasteiger partial charge in [-0.3, -0.25) is 19.4 Å². The van der Waals surface area contributed by atoms with Gasteiger partial charge in [-0.1, -0.05) is 30.1 Å². The molecule has 1 saturated heterocycles. The number of anilines is 1. The highest BCUT2D eigenvalue weighted by Gasteiger charge is 2.48. The number of likely N-dealkylation sites (N-methyl/N-ethyl adjacent to an activating group) is 1. The molecular formula is C21H22N2O3S2. The van der Waals surface area contributed by atoms with Crippen LogP contribution in [0, 0.1) is 0 Å². The molecule has 1 aromatic rings. The van der Waals surface area contributed by atoms with Gasteiger partial charge in [-0.2, -0.15) is 0 Å². The first kappa shape index (κ1) is 19.2. The van der Waals surface area contributed by atoms with E-state index >= 15 is 0 Å². The number of amides is 2. The first-order valence-electron chi connectivity index (χ1n) is 9.34. The molecule has 0 radical (unpaired) electrons. The van der Waals surface area contributed by atoms with Crippen LogP contribution in [0.4, 0.5) is 5.69 Å². The van der Waals surface area contributed by atoms with E-state index in [9.17, 15) is 9.59 Å². The van der Waals surface area contributed by atoms with Crippen molar-refractivity contribution in [2.24, 2.45) is 0 Å². The van der Waals surface area contributed by atoms with Crippen LogP contribution in [0.1, 0.15) is 45.7 Å². The summed E-state index contributed by atoms with van der Waals surface area (Å²) in [6.07, 6.45) is 2.09.